The summed E-state index contributed by atoms with van der Waals surface area (Å²) in [5.41, 5.74) is 1.38. The maximum atomic E-state index is 13.4. The summed E-state index contributed by atoms with van der Waals surface area (Å²) in [5.74, 6) is -1.20. The van der Waals surface area contributed by atoms with Crippen molar-refractivity contribution in [2.24, 2.45) is 10.9 Å². The Labute approximate surface area is 196 Å². The number of carbonyl (C=O) groups is 2. The Morgan fingerprint density at radius 3 is 2.74 bits per heavy atom. The zero-order valence-electron chi connectivity index (χ0n) is 19.8. The molecule has 0 aliphatic heterocycles. The standard InChI is InChI=1S/C25H28N4O5/c1-6-8-12-33-15-20(30)26-23-19(25(32)34-7-2)13-18-22(29(23)14-16(3)4)27-21-17(5)10-9-11-28(21)24(18)31/h6,8-13,16H,1,7,14-15H2,2-5H3/b12-8-,26-23?. The second kappa shape index (κ2) is 10.7. The minimum absolute atomic E-state index is 0.0106. The minimum atomic E-state index is -0.685. The Morgan fingerprint density at radius 2 is 2.06 bits per heavy atom. The van der Waals surface area contributed by atoms with E-state index in [9.17, 15) is 14.4 Å². The Hall–Kier alpha value is -4.01. The van der Waals surface area contributed by atoms with Crippen molar-refractivity contribution in [3.05, 3.63) is 76.4 Å². The van der Waals surface area contributed by atoms with Gasteiger partial charge in [-0.2, -0.15) is 4.99 Å². The lowest BCUT2D eigenvalue weighted by atomic mass is 10.1. The van der Waals surface area contributed by atoms with Crippen molar-refractivity contribution >= 4 is 28.6 Å². The average Bonchev–Trinajstić information content (AvgIpc) is 2.79. The molecule has 9 heteroatoms. The lowest BCUT2D eigenvalue weighted by molar-refractivity contribution is -0.120. The molecule has 0 atom stereocenters. The van der Waals surface area contributed by atoms with Gasteiger partial charge in [0.1, 0.15) is 16.9 Å². The maximum Gasteiger partial charge on any atom is 0.341 e. The van der Waals surface area contributed by atoms with E-state index in [0.29, 0.717) is 17.8 Å². The van der Waals surface area contributed by atoms with Gasteiger partial charge >= 0.3 is 5.97 Å². The molecule has 0 N–H and O–H groups in total. The molecule has 0 spiro atoms. The predicted molar refractivity (Wildman–Crippen MR) is 128 cm³/mol. The first kappa shape index (κ1) is 24.6. The van der Waals surface area contributed by atoms with E-state index in [4.69, 9.17) is 14.5 Å². The quantitative estimate of drug-likeness (QED) is 0.220. The monoisotopic (exact) mass is 464 g/mol. The van der Waals surface area contributed by atoms with Gasteiger partial charge in [0.25, 0.3) is 11.5 Å². The molecule has 1 amide bonds. The molecule has 3 aromatic heterocycles. The van der Waals surface area contributed by atoms with E-state index in [1.807, 2.05) is 26.8 Å². The summed E-state index contributed by atoms with van der Waals surface area (Å²) in [7, 11) is 0. The first-order valence-corrected chi connectivity index (χ1v) is 11.0. The number of hydrogen-bond donors (Lipinski definition) is 0. The van der Waals surface area contributed by atoms with Crippen LogP contribution in [0.4, 0.5) is 0 Å². The third kappa shape index (κ3) is 5.14. The van der Waals surface area contributed by atoms with Crippen LogP contribution < -0.4 is 11.0 Å². The van der Waals surface area contributed by atoms with Crippen LogP contribution in [0.2, 0.25) is 0 Å². The molecule has 0 fully saturated rings. The molecule has 9 nitrogen and oxygen atoms in total. The van der Waals surface area contributed by atoms with Gasteiger partial charge < -0.3 is 14.0 Å². The van der Waals surface area contributed by atoms with Gasteiger partial charge in [-0.15, -0.1) is 0 Å². The summed E-state index contributed by atoms with van der Waals surface area (Å²) in [4.78, 5) is 47.8. The fourth-order valence-corrected chi connectivity index (χ4v) is 3.49. The molecule has 0 aliphatic rings. The molecule has 0 aromatic carbocycles. The average molecular weight is 465 g/mol. The highest BCUT2D eigenvalue weighted by molar-refractivity contribution is 5.93. The van der Waals surface area contributed by atoms with Gasteiger partial charge in [0.2, 0.25) is 0 Å². The topological polar surface area (TPSA) is 104 Å². The second-order valence-electron chi connectivity index (χ2n) is 8.03. The molecule has 0 unspecified atom stereocenters. The van der Waals surface area contributed by atoms with Crippen LogP contribution >= 0.6 is 0 Å². The van der Waals surface area contributed by atoms with E-state index in [-0.39, 0.29) is 41.1 Å². The number of ether oxygens (including phenoxy) is 2. The van der Waals surface area contributed by atoms with Crippen LogP contribution in [0.5, 0.6) is 0 Å². The van der Waals surface area contributed by atoms with E-state index in [1.54, 1.807) is 23.8 Å². The summed E-state index contributed by atoms with van der Waals surface area (Å²) in [6.07, 6.45) is 6.00. The molecule has 0 saturated heterocycles. The number of hydrogen-bond acceptors (Lipinski definition) is 6. The largest absolute Gasteiger partial charge is 0.491 e. The van der Waals surface area contributed by atoms with Crippen LogP contribution in [-0.2, 0) is 20.8 Å². The van der Waals surface area contributed by atoms with Crippen molar-refractivity contribution in [1.29, 1.82) is 0 Å². The zero-order valence-corrected chi connectivity index (χ0v) is 19.8. The molecule has 178 valence electrons. The molecular weight excluding hydrogens is 436 g/mol. The molecule has 0 bridgehead atoms. The molecule has 0 aliphatic carbocycles. The smallest absolute Gasteiger partial charge is 0.341 e. The highest BCUT2D eigenvalue weighted by Crippen LogP contribution is 2.14. The van der Waals surface area contributed by atoms with E-state index in [2.05, 4.69) is 11.6 Å². The Morgan fingerprint density at radius 1 is 1.29 bits per heavy atom. The Bertz CT molecular complexity index is 1410. The molecule has 34 heavy (non-hydrogen) atoms. The number of pyridine rings is 2. The number of fused-ring (bicyclic) bond motifs is 2. The second-order valence-corrected chi connectivity index (χ2v) is 8.03. The number of rotatable bonds is 8. The number of amides is 1. The van der Waals surface area contributed by atoms with E-state index in [1.165, 1.54) is 28.9 Å². The fourth-order valence-electron chi connectivity index (χ4n) is 3.49. The first-order chi connectivity index (χ1) is 16.3. The Kier molecular flexibility index (Phi) is 7.78. The summed E-state index contributed by atoms with van der Waals surface area (Å²) in [6.45, 7) is 11.2. The SMILES string of the molecule is C=C/C=C\OCC(=O)N=c1c(C(=O)OCC)cc2c(=O)n3cccc(C)c3nc2n1CC(C)C. The van der Waals surface area contributed by atoms with Crippen LogP contribution in [0.25, 0.3) is 16.7 Å². The van der Waals surface area contributed by atoms with Gasteiger partial charge in [-0.25, -0.2) is 9.78 Å². The fraction of sp³-hybridized carbons (Fsp3) is 0.320. The highest BCUT2D eigenvalue weighted by atomic mass is 16.5. The van der Waals surface area contributed by atoms with Crippen molar-refractivity contribution in [1.82, 2.24) is 14.0 Å². The summed E-state index contributed by atoms with van der Waals surface area (Å²) < 4.78 is 13.5. The van der Waals surface area contributed by atoms with Crippen molar-refractivity contribution in [3.8, 4) is 0 Å². The van der Waals surface area contributed by atoms with Crippen LogP contribution in [-0.4, -0.2) is 39.0 Å². The number of esters is 1. The molecule has 3 heterocycles. The molecule has 3 rings (SSSR count). The van der Waals surface area contributed by atoms with E-state index < -0.39 is 11.9 Å². The Balaban J connectivity index is 2.41. The number of carbonyl (C=O) groups excluding carboxylic acids is 2. The molecular formula is C25H28N4O5. The molecule has 3 aromatic rings. The minimum Gasteiger partial charge on any atom is -0.491 e. The normalized spacial score (nSPS) is 12.1. The van der Waals surface area contributed by atoms with Gasteiger partial charge in [0.15, 0.2) is 12.1 Å². The summed E-state index contributed by atoms with van der Waals surface area (Å²) in [5, 5.41) is 0.225. The summed E-state index contributed by atoms with van der Waals surface area (Å²) in [6, 6.07) is 5.02. The first-order valence-electron chi connectivity index (χ1n) is 11.0. The summed E-state index contributed by atoms with van der Waals surface area (Å²) >= 11 is 0. The van der Waals surface area contributed by atoms with E-state index in [0.717, 1.165) is 5.56 Å². The van der Waals surface area contributed by atoms with Gasteiger partial charge in [-0.05, 0) is 43.5 Å². The number of aryl methyl sites for hydroxylation is 1. The van der Waals surface area contributed by atoms with Crippen LogP contribution in [0.3, 0.4) is 0 Å². The maximum absolute atomic E-state index is 13.4. The number of allylic oxidation sites excluding steroid dienone is 2. The van der Waals surface area contributed by atoms with Gasteiger partial charge in [0.05, 0.1) is 18.3 Å². The van der Waals surface area contributed by atoms with Gasteiger partial charge in [0, 0.05) is 12.7 Å². The van der Waals surface area contributed by atoms with Crippen molar-refractivity contribution < 1.29 is 19.1 Å². The lowest BCUT2D eigenvalue weighted by Crippen LogP contribution is -2.34. The van der Waals surface area contributed by atoms with E-state index >= 15 is 0 Å². The number of aromatic nitrogens is 3. The zero-order chi connectivity index (χ0) is 24.8. The van der Waals surface area contributed by atoms with Gasteiger partial charge in [-0.1, -0.05) is 32.6 Å². The lowest BCUT2D eigenvalue weighted by Gasteiger charge is -2.17. The highest BCUT2D eigenvalue weighted by Gasteiger charge is 2.20. The molecule has 0 saturated carbocycles. The predicted octanol–water partition coefficient (Wildman–Crippen LogP) is 2.93. The van der Waals surface area contributed by atoms with Crippen LogP contribution in [0, 0.1) is 12.8 Å². The third-order valence-corrected chi connectivity index (χ3v) is 4.90. The molecule has 0 radical (unpaired) electrons. The van der Waals surface area contributed by atoms with Crippen molar-refractivity contribution in [3.63, 3.8) is 0 Å². The van der Waals surface area contributed by atoms with Gasteiger partial charge in [-0.3, -0.25) is 14.0 Å². The van der Waals surface area contributed by atoms with Crippen molar-refractivity contribution in [2.75, 3.05) is 13.2 Å². The van der Waals surface area contributed by atoms with Crippen LogP contribution in [0.1, 0.15) is 36.7 Å². The van der Waals surface area contributed by atoms with Crippen LogP contribution in [0.15, 0.2) is 59.2 Å². The van der Waals surface area contributed by atoms with Crippen molar-refractivity contribution in [2.45, 2.75) is 34.2 Å². The third-order valence-electron chi connectivity index (χ3n) is 4.90. The number of nitrogens with zero attached hydrogens (tertiary/aromatic N) is 4.